The summed E-state index contributed by atoms with van der Waals surface area (Å²) in [4.78, 5) is 16.7. The van der Waals surface area contributed by atoms with E-state index in [1.54, 1.807) is 0 Å². The molecular weight excluding hydrogens is 530 g/mol. The summed E-state index contributed by atoms with van der Waals surface area (Å²) in [6, 6.07) is 1.35. The van der Waals surface area contributed by atoms with Gasteiger partial charge in [0, 0.05) is 43.2 Å². The number of rotatable bonds is 8. The summed E-state index contributed by atoms with van der Waals surface area (Å²) < 4.78 is 0. The predicted molar refractivity (Wildman–Crippen MR) is 154 cm³/mol. The molecule has 3 heterocycles. The summed E-state index contributed by atoms with van der Waals surface area (Å²) in [6.45, 7) is 15.9. The Bertz CT molecular complexity index is 756. The Morgan fingerprint density at radius 2 is 1.92 bits per heavy atom. The molecule has 4 aliphatic rings. The first-order valence-electron chi connectivity index (χ1n) is 15.4. The Labute approximate surface area is 234 Å². The van der Waals surface area contributed by atoms with Crippen molar-refractivity contribution >= 4 is 21.8 Å². The highest BCUT2D eigenvalue weighted by Crippen LogP contribution is 2.42. The van der Waals surface area contributed by atoms with Gasteiger partial charge >= 0.3 is 0 Å². The van der Waals surface area contributed by atoms with E-state index in [4.69, 9.17) is 0 Å². The lowest BCUT2D eigenvalue weighted by Crippen LogP contribution is -2.64. The second-order valence-electron chi connectivity index (χ2n) is 12.7. The van der Waals surface area contributed by atoms with E-state index in [1.807, 2.05) is 0 Å². The number of likely N-dealkylation sites (tertiary alicyclic amines) is 1. The largest absolute Gasteiger partial charge is 0.391 e. The van der Waals surface area contributed by atoms with Crippen LogP contribution < -0.4 is 16.1 Å². The Kier molecular flexibility index (Phi) is 10.4. The fraction of sp³-hybridized carbons (Fsp3) is 0.966. The molecule has 1 aliphatic carbocycles. The van der Waals surface area contributed by atoms with Gasteiger partial charge in [0.2, 0.25) is 5.91 Å². The van der Waals surface area contributed by atoms with Crippen molar-refractivity contribution in [2.24, 2.45) is 29.6 Å². The molecule has 0 radical (unpaired) electrons. The summed E-state index contributed by atoms with van der Waals surface area (Å²) in [5.74, 6) is 2.27. The summed E-state index contributed by atoms with van der Waals surface area (Å²) >= 11 is 3.77. The first-order valence-corrected chi connectivity index (χ1v) is 16.3. The standard InChI is InChI=1S/C29H54BrN5O2/c1-7-10-21-26-22(8-2)34(29(37)20-16-32-28(30)18(6)27(20)31-9-3)14-13-24(26)35(33-21)23-12-11-19(17(4)5)15-25(23)36/h17-28,31-33,36H,7-16H2,1-6H3. The van der Waals surface area contributed by atoms with Crippen molar-refractivity contribution in [1.29, 1.82) is 0 Å². The van der Waals surface area contributed by atoms with E-state index >= 15 is 0 Å². The number of aliphatic hydroxyl groups excluding tert-OH is 1. The average Bonchev–Trinajstić information content (AvgIpc) is 3.24. The van der Waals surface area contributed by atoms with E-state index in [0.29, 0.717) is 48.2 Å². The van der Waals surface area contributed by atoms with Gasteiger partial charge in [-0.25, -0.2) is 5.01 Å². The number of piperidine rings is 2. The van der Waals surface area contributed by atoms with Crippen molar-refractivity contribution in [3.8, 4) is 0 Å². The maximum atomic E-state index is 14.2. The normalized spacial score (nSPS) is 43.3. The van der Waals surface area contributed by atoms with Gasteiger partial charge in [-0.05, 0) is 62.8 Å². The van der Waals surface area contributed by atoms with Crippen molar-refractivity contribution in [3.05, 3.63) is 0 Å². The lowest BCUT2D eigenvalue weighted by molar-refractivity contribution is -0.145. The Morgan fingerprint density at radius 3 is 2.54 bits per heavy atom. The number of aliphatic hydroxyl groups is 1. The van der Waals surface area contributed by atoms with Crippen molar-refractivity contribution in [1.82, 2.24) is 26.0 Å². The van der Waals surface area contributed by atoms with Crippen molar-refractivity contribution in [2.45, 2.75) is 128 Å². The first kappa shape index (κ1) is 29.7. The number of alkyl halides is 1. The summed E-state index contributed by atoms with van der Waals surface area (Å²) in [5, 5.41) is 20.9. The van der Waals surface area contributed by atoms with Crippen LogP contribution in [0, 0.1) is 29.6 Å². The number of amides is 1. The molecule has 0 spiro atoms. The van der Waals surface area contributed by atoms with Gasteiger partial charge in [0.25, 0.3) is 0 Å². The van der Waals surface area contributed by atoms with E-state index in [1.165, 1.54) is 6.42 Å². The van der Waals surface area contributed by atoms with Gasteiger partial charge in [0.15, 0.2) is 0 Å². The van der Waals surface area contributed by atoms with Crippen LogP contribution in [0.1, 0.15) is 86.5 Å². The zero-order valence-electron chi connectivity index (χ0n) is 24.1. The number of carbonyl (C=O) groups excluding carboxylic acids is 1. The summed E-state index contributed by atoms with van der Waals surface area (Å²) in [7, 11) is 0. The molecule has 1 saturated carbocycles. The highest BCUT2D eigenvalue weighted by Gasteiger charge is 2.54. The summed E-state index contributed by atoms with van der Waals surface area (Å²) in [6.07, 6.45) is 7.09. The van der Waals surface area contributed by atoms with Crippen LogP contribution in [-0.2, 0) is 4.79 Å². The molecule has 11 unspecified atom stereocenters. The van der Waals surface area contributed by atoms with Crippen LogP contribution in [0.15, 0.2) is 0 Å². The molecule has 0 bridgehead atoms. The SMILES string of the molecule is CCCC1NN(C2CCC(C(C)C)CC2O)C2CCN(C(=O)C3CNC(Br)C(C)C3NCC)C(CC)C12. The molecule has 0 aromatic rings. The molecule has 0 aromatic heterocycles. The smallest absolute Gasteiger partial charge is 0.228 e. The number of hydrogen-bond acceptors (Lipinski definition) is 6. The Morgan fingerprint density at radius 1 is 1.16 bits per heavy atom. The average molecular weight is 585 g/mol. The molecule has 4 rings (SSSR count). The summed E-state index contributed by atoms with van der Waals surface area (Å²) in [5.41, 5.74) is 3.93. The van der Waals surface area contributed by atoms with Crippen LogP contribution in [0.2, 0.25) is 0 Å². The molecule has 1 amide bonds. The van der Waals surface area contributed by atoms with E-state index in [-0.39, 0.29) is 35.1 Å². The van der Waals surface area contributed by atoms with E-state index in [2.05, 4.69) is 83.4 Å². The minimum atomic E-state index is -0.276. The van der Waals surface area contributed by atoms with Gasteiger partial charge in [0.1, 0.15) is 0 Å². The number of fused-ring (bicyclic) bond motifs is 1. The van der Waals surface area contributed by atoms with E-state index in [0.717, 1.165) is 51.6 Å². The van der Waals surface area contributed by atoms with Crippen molar-refractivity contribution in [3.63, 3.8) is 0 Å². The lowest BCUT2D eigenvalue weighted by Gasteiger charge is -2.49. The minimum absolute atomic E-state index is 0.0439. The quantitative estimate of drug-likeness (QED) is 0.258. The van der Waals surface area contributed by atoms with Gasteiger partial charge in [-0.15, -0.1) is 0 Å². The molecule has 7 nitrogen and oxygen atoms in total. The van der Waals surface area contributed by atoms with Gasteiger partial charge in [-0.1, -0.05) is 63.9 Å². The molecule has 214 valence electrons. The molecule has 8 heteroatoms. The number of nitrogens with one attached hydrogen (secondary N) is 3. The third kappa shape index (κ3) is 5.95. The van der Waals surface area contributed by atoms with Crippen LogP contribution in [0.4, 0.5) is 0 Å². The number of halogens is 1. The van der Waals surface area contributed by atoms with Crippen LogP contribution >= 0.6 is 15.9 Å². The zero-order chi connectivity index (χ0) is 26.9. The Balaban J connectivity index is 1.54. The van der Waals surface area contributed by atoms with Crippen LogP contribution in [0.25, 0.3) is 0 Å². The van der Waals surface area contributed by atoms with Crippen molar-refractivity contribution < 1.29 is 9.90 Å². The maximum absolute atomic E-state index is 14.2. The molecule has 3 saturated heterocycles. The van der Waals surface area contributed by atoms with E-state index in [9.17, 15) is 9.90 Å². The molecule has 11 atom stereocenters. The first-order chi connectivity index (χ1) is 17.7. The minimum Gasteiger partial charge on any atom is -0.391 e. The van der Waals surface area contributed by atoms with Gasteiger partial charge in [0.05, 0.1) is 23.0 Å². The molecule has 4 N–H and O–H groups in total. The molecule has 37 heavy (non-hydrogen) atoms. The zero-order valence-corrected chi connectivity index (χ0v) is 25.7. The van der Waals surface area contributed by atoms with Crippen molar-refractivity contribution in [2.75, 3.05) is 19.6 Å². The third-order valence-electron chi connectivity index (χ3n) is 10.3. The maximum Gasteiger partial charge on any atom is 0.228 e. The fourth-order valence-electron chi connectivity index (χ4n) is 8.21. The molecule has 4 fully saturated rings. The number of hydrazine groups is 1. The highest BCUT2D eigenvalue weighted by molar-refractivity contribution is 9.09. The van der Waals surface area contributed by atoms with Crippen LogP contribution in [0.3, 0.4) is 0 Å². The number of hydrogen-bond donors (Lipinski definition) is 4. The molecular formula is C29H54BrN5O2. The lowest BCUT2D eigenvalue weighted by atomic mass is 9.75. The highest BCUT2D eigenvalue weighted by atomic mass is 79.9. The number of carbonyl (C=O) groups is 1. The van der Waals surface area contributed by atoms with Gasteiger partial charge in [-0.3, -0.25) is 10.2 Å². The predicted octanol–water partition coefficient (Wildman–Crippen LogP) is 3.71. The van der Waals surface area contributed by atoms with Gasteiger partial charge < -0.3 is 20.6 Å². The third-order valence-corrected chi connectivity index (χ3v) is 11.4. The molecule has 0 aromatic carbocycles. The second-order valence-corrected chi connectivity index (χ2v) is 13.7. The van der Waals surface area contributed by atoms with Crippen LogP contribution in [0.5, 0.6) is 0 Å². The second kappa shape index (κ2) is 12.9. The van der Waals surface area contributed by atoms with Crippen LogP contribution in [-0.4, -0.2) is 81.8 Å². The fourth-order valence-corrected chi connectivity index (χ4v) is 8.73. The Hall–Kier alpha value is -0.250. The molecule has 3 aliphatic heterocycles. The van der Waals surface area contributed by atoms with E-state index < -0.39 is 0 Å². The number of nitrogens with zero attached hydrogens (tertiary/aromatic N) is 2. The monoisotopic (exact) mass is 583 g/mol. The topological polar surface area (TPSA) is 79.9 Å². The van der Waals surface area contributed by atoms with Gasteiger partial charge in [-0.2, -0.15) is 0 Å².